The van der Waals surface area contributed by atoms with E-state index < -0.39 is 5.97 Å². The Labute approximate surface area is 105 Å². The molecule has 0 saturated heterocycles. The molecule has 0 unspecified atom stereocenters. The van der Waals surface area contributed by atoms with Crippen molar-refractivity contribution < 1.29 is 14.3 Å². The molecular weight excluding hydrogens is 230 g/mol. The largest absolute Gasteiger partial charge is 0.475 e. The number of rotatable bonds is 5. The summed E-state index contributed by atoms with van der Waals surface area (Å²) in [6.07, 6.45) is 2.69. The SMILES string of the molecule is O=C(O)c1cc2cc(CNCC3CC3)ccc2o1. The molecule has 94 valence electrons. The first kappa shape index (κ1) is 11.3. The fraction of sp³-hybridized carbons (Fsp3) is 0.357. The van der Waals surface area contributed by atoms with Gasteiger partial charge in [-0.05, 0) is 49.1 Å². The molecule has 18 heavy (non-hydrogen) atoms. The van der Waals surface area contributed by atoms with Gasteiger partial charge in [-0.2, -0.15) is 0 Å². The number of furan rings is 1. The maximum Gasteiger partial charge on any atom is 0.371 e. The normalized spacial score (nSPS) is 15.1. The smallest absolute Gasteiger partial charge is 0.371 e. The highest BCUT2D eigenvalue weighted by Crippen LogP contribution is 2.27. The molecule has 4 nitrogen and oxygen atoms in total. The van der Waals surface area contributed by atoms with E-state index >= 15 is 0 Å². The van der Waals surface area contributed by atoms with Gasteiger partial charge >= 0.3 is 5.97 Å². The summed E-state index contributed by atoms with van der Waals surface area (Å²) >= 11 is 0. The van der Waals surface area contributed by atoms with E-state index in [1.807, 2.05) is 18.2 Å². The van der Waals surface area contributed by atoms with Gasteiger partial charge in [0.15, 0.2) is 0 Å². The number of aromatic carboxylic acids is 1. The molecule has 1 heterocycles. The highest BCUT2D eigenvalue weighted by atomic mass is 16.4. The number of carbonyl (C=O) groups is 1. The van der Waals surface area contributed by atoms with E-state index in [0.29, 0.717) is 5.58 Å². The van der Waals surface area contributed by atoms with Crippen LogP contribution in [-0.2, 0) is 6.54 Å². The van der Waals surface area contributed by atoms with E-state index in [0.717, 1.165) is 30.0 Å². The number of carboxylic acids is 1. The summed E-state index contributed by atoms with van der Waals surface area (Å²) in [4.78, 5) is 10.8. The van der Waals surface area contributed by atoms with Gasteiger partial charge in [0.1, 0.15) is 5.58 Å². The van der Waals surface area contributed by atoms with Gasteiger partial charge in [0.05, 0.1) is 0 Å². The molecule has 1 saturated carbocycles. The first-order valence-electron chi connectivity index (χ1n) is 6.19. The summed E-state index contributed by atoms with van der Waals surface area (Å²) in [5.74, 6) is -0.172. The third-order valence-corrected chi connectivity index (χ3v) is 3.25. The van der Waals surface area contributed by atoms with Gasteiger partial charge in [-0.15, -0.1) is 0 Å². The lowest BCUT2D eigenvalue weighted by Crippen LogP contribution is -2.15. The van der Waals surface area contributed by atoms with E-state index in [1.165, 1.54) is 12.8 Å². The molecule has 0 spiro atoms. The van der Waals surface area contributed by atoms with Gasteiger partial charge in [0.25, 0.3) is 0 Å². The Morgan fingerprint density at radius 3 is 2.94 bits per heavy atom. The van der Waals surface area contributed by atoms with Crippen molar-refractivity contribution >= 4 is 16.9 Å². The predicted molar refractivity (Wildman–Crippen MR) is 67.6 cm³/mol. The Morgan fingerprint density at radius 1 is 1.39 bits per heavy atom. The molecular formula is C14H15NO3. The minimum Gasteiger partial charge on any atom is -0.475 e. The molecule has 2 N–H and O–H groups in total. The van der Waals surface area contributed by atoms with Crippen molar-refractivity contribution in [2.75, 3.05) is 6.54 Å². The fourth-order valence-electron chi connectivity index (χ4n) is 2.05. The van der Waals surface area contributed by atoms with Crippen molar-refractivity contribution in [3.05, 3.63) is 35.6 Å². The third-order valence-electron chi connectivity index (χ3n) is 3.25. The molecule has 3 rings (SSSR count). The van der Waals surface area contributed by atoms with Gasteiger partial charge in [-0.3, -0.25) is 0 Å². The van der Waals surface area contributed by atoms with E-state index in [2.05, 4.69) is 5.32 Å². The van der Waals surface area contributed by atoms with Crippen molar-refractivity contribution in [2.45, 2.75) is 19.4 Å². The summed E-state index contributed by atoms with van der Waals surface area (Å²) in [5.41, 5.74) is 1.78. The molecule has 1 aliphatic rings. The summed E-state index contributed by atoms with van der Waals surface area (Å²) in [5, 5.41) is 13.1. The van der Waals surface area contributed by atoms with Crippen LogP contribution >= 0.6 is 0 Å². The Balaban J connectivity index is 1.74. The first-order valence-corrected chi connectivity index (χ1v) is 6.19. The standard InChI is InChI=1S/C14H15NO3/c16-14(17)13-6-11-5-10(3-4-12(11)18-13)8-15-7-9-1-2-9/h3-6,9,15H,1-2,7-8H2,(H,16,17). The summed E-state index contributed by atoms with van der Waals surface area (Å²) in [6, 6.07) is 7.35. The zero-order chi connectivity index (χ0) is 12.5. The number of carboxylic acid groups (broad SMARTS) is 1. The number of nitrogens with one attached hydrogen (secondary N) is 1. The maximum atomic E-state index is 10.8. The highest BCUT2D eigenvalue weighted by Gasteiger charge is 2.20. The van der Waals surface area contributed by atoms with Crippen molar-refractivity contribution in [1.29, 1.82) is 0 Å². The Morgan fingerprint density at radius 2 is 2.22 bits per heavy atom. The molecule has 2 aromatic rings. The molecule has 0 radical (unpaired) electrons. The van der Waals surface area contributed by atoms with Crippen LogP contribution in [0, 0.1) is 5.92 Å². The van der Waals surface area contributed by atoms with Crippen LogP contribution in [0.4, 0.5) is 0 Å². The Bertz CT molecular complexity index is 584. The van der Waals surface area contributed by atoms with Crippen LogP contribution in [0.15, 0.2) is 28.7 Å². The van der Waals surface area contributed by atoms with E-state index in [4.69, 9.17) is 9.52 Å². The van der Waals surface area contributed by atoms with Crippen molar-refractivity contribution in [3.63, 3.8) is 0 Å². The lowest BCUT2D eigenvalue weighted by molar-refractivity contribution is 0.0665. The lowest BCUT2D eigenvalue weighted by Gasteiger charge is -2.03. The van der Waals surface area contributed by atoms with Gasteiger partial charge in [0.2, 0.25) is 5.76 Å². The molecule has 0 aliphatic heterocycles. The Kier molecular flexibility index (Phi) is 2.80. The van der Waals surface area contributed by atoms with Crippen molar-refractivity contribution in [2.24, 2.45) is 5.92 Å². The second-order valence-corrected chi connectivity index (χ2v) is 4.86. The molecule has 1 aromatic heterocycles. The predicted octanol–water partition coefficient (Wildman–Crippen LogP) is 2.63. The summed E-state index contributed by atoms with van der Waals surface area (Å²) < 4.78 is 5.22. The number of hydrogen-bond acceptors (Lipinski definition) is 3. The average Bonchev–Trinajstić information content (AvgIpc) is 3.06. The fourth-order valence-corrected chi connectivity index (χ4v) is 2.05. The lowest BCUT2D eigenvalue weighted by atomic mass is 10.1. The van der Waals surface area contributed by atoms with Crippen LogP contribution in [0.25, 0.3) is 11.0 Å². The molecule has 1 aliphatic carbocycles. The van der Waals surface area contributed by atoms with Crippen LogP contribution in [0.5, 0.6) is 0 Å². The zero-order valence-electron chi connectivity index (χ0n) is 9.98. The topological polar surface area (TPSA) is 62.5 Å². The molecule has 1 aromatic carbocycles. The average molecular weight is 245 g/mol. The molecule has 0 amide bonds. The maximum absolute atomic E-state index is 10.8. The van der Waals surface area contributed by atoms with E-state index in [1.54, 1.807) is 6.07 Å². The van der Waals surface area contributed by atoms with E-state index in [9.17, 15) is 4.79 Å². The van der Waals surface area contributed by atoms with Crippen LogP contribution in [0.2, 0.25) is 0 Å². The van der Waals surface area contributed by atoms with Crippen molar-refractivity contribution in [1.82, 2.24) is 5.32 Å². The molecule has 4 heteroatoms. The first-order chi connectivity index (χ1) is 8.72. The molecule has 1 fully saturated rings. The van der Waals surface area contributed by atoms with Crippen molar-refractivity contribution in [3.8, 4) is 0 Å². The minimum absolute atomic E-state index is 0.00640. The zero-order valence-corrected chi connectivity index (χ0v) is 9.98. The van der Waals surface area contributed by atoms with Gasteiger partial charge in [0, 0.05) is 11.9 Å². The second kappa shape index (κ2) is 4.46. The monoisotopic (exact) mass is 245 g/mol. The summed E-state index contributed by atoms with van der Waals surface area (Å²) in [7, 11) is 0. The van der Waals surface area contributed by atoms with E-state index in [-0.39, 0.29) is 5.76 Å². The second-order valence-electron chi connectivity index (χ2n) is 4.86. The number of fused-ring (bicyclic) bond motifs is 1. The molecule has 0 bridgehead atoms. The van der Waals surface area contributed by atoms with Gasteiger partial charge in [-0.1, -0.05) is 6.07 Å². The van der Waals surface area contributed by atoms with Gasteiger partial charge in [-0.25, -0.2) is 4.79 Å². The van der Waals surface area contributed by atoms with Crippen LogP contribution in [0.1, 0.15) is 29.0 Å². The number of hydrogen-bond donors (Lipinski definition) is 2. The minimum atomic E-state index is -1.03. The Hall–Kier alpha value is -1.81. The van der Waals surface area contributed by atoms with Crippen LogP contribution < -0.4 is 5.32 Å². The molecule has 0 atom stereocenters. The third kappa shape index (κ3) is 2.38. The van der Waals surface area contributed by atoms with Crippen LogP contribution in [0.3, 0.4) is 0 Å². The van der Waals surface area contributed by atoms with Crippen LogP contribution in [-0.4, -0.2) is 17.6 Å². The summed E-state index contributed by atoms with van der Waals surface area (Å²) in [6.45, 7) is 1.89. The van der Waals surface area contributed by atoms with Gasteiger partial charge < -0.3 is 14.8 Å². The highest BCUT2D eigenvalue weighted by molar-refractivity contribution is 5.91. The number of benzene rings is 1. The quantitative estimate of drug-likeness (QED) is 0.850.